The summed E-state index contributed by atoms with van der Waals surface area (Å²) in [5.74, 6) is -0.402. The lowest BCUT2D eigenvalue weighted by molar-refractivity contribution is -0.137. The highest BCUT2D eigenvalue weighted by molar-refractivity contribution is 5.93. The van der Waals surface area contributed by atoms with Crippen LogP contribution in [0.3, 0.4) is 0 Å². The Morgan fingerprint density at radius 2 is 2.17 bits per heavy atom. The Balaban J connectivity index is 1.99. The number of carbonyl (C=O) groups excluding carboxylic acids is 1. The third kappa shape index (κ3) is 4.84. The zero-order chi connectivity index (χ0) is 16.8. The van der Waals surface area contributed by atoms with Gasteiger partial charge in [-0.05, 0) is 31.0 Å². The molecule has 0 fully saturated rings. The standard InChI is InChI=1S/C16H19N3O4/c1-3-13(23-12-6-4-5-11(2)9-12)16(22)17-14-7-8-19(18-14)10-15(20)21/h4-9,13H,3,10H2,1-2H3,(H,20,21)(H,17,18,22). The first-order valence-electron chi connectivity index (χ1n) is 7.27. The number of amides is 1. The van der Waals surface area contributed by atoms with E-state index < -0.39 is 12.1 Å². The van der Waals surface area contributed by atoms with Gasteiger partial charge < -0.3 is 15.2 Å². The topological polar surface area (TPSA) is 93.5 Å². The Bertz CT molecular complexity index is 696. The van der Waals surface area contributed by atoms with Crippen molar-refractivity contribution in [1.82, 2.24) is 9.78 Å². The molecule has 0 radical (unpaired) electrons. The molecule has 122 valence electrons. The van der Waals surface area contributed by atoms with Crippen molar-refractivity contribution in [2.24, 2.45) is 0 Å². The minimum absolute atomic E-state index is 0.257. The van der Waals surface area contributed by atoms with E-state index in [1.807, 2.05) is 32.0 Å². The number of carbonyl (C=O) groups is 2. The molecular formula is C16H19N3O4. The normalized spacial score (nSPS) is 11.7. The number of aliphatic carboxylic acids is 1. The summed E-state index contributed by atoms with van der Waals surface area (Å²) in [5, 5.41) is 15.3. The maximum Gasteiger partial charge on any atom is 0.325 e. The fraction of sp³-hybridized carbons (Fsp3) is 0.312. The third-order valence-corrected chi connectivity index (χ3v) is 3.12. The molecule has 0 aliphatic carbocycles. The molecule has 1 atom stereocenters. The molecule has 1 amide bonds. The maximum absolute atomic E-state index is 12.3. The van der Waals surface area contributed by atoms with Crippen LogP contribution in [0.2, 0.25) is 0 Å². The Morgan fingerprint density at radius 3 is 2.83 bits per heavy atom. The molecule has 1 aromatic carbocycles. The number of hydrogen-bond acceptors (Lipinski definition) is 4. The number of carboxylic acids is 1. The fourth-order valence-electron chi connectivity index (χ4n) is 2.04. The number of anilines is 1. The van der Waals surface area contributed by atoms with Crippen molar-refractivity contribution < 1.29 is 19.4 Å². The van der Waals surface area contributed by atoms with E-state index in [1.54, 1.807) is 12.1 Å². The van der Waals surface area contributed by atoms with Gasteiger partial charge in [0.05, 0.1) is 0 Å². The second-order valence-corrected chi connectivity index (χ2v) is 5.11. The van der Waals surface area contributed by atoms with E-state index in [-0.39, 0.29) is 12.5 Å². The van der Waals surface area contributed by atoms with E-state index in [4.69, 9.17) is 9.84 Å². The molecule has 0 bridgehead atoms. The van der Waals surface area contributed by atoms with E-state index in [9.17, 15) is 9.59 Å². The highest BCUT2D eigenvalue weighted by atomic mass is 16.5. The molecule has 1 heterocycles. The summed E-state index contributed by atoms with van der Waals surface area (Å²) in [6.07, 6.45) is 1.34. The van der Waals surface area contributed by atoms with Crippen molar-refractivity contribution in [3.63, 3.8) is 0 Å². The van der Waals surface area contributed by atoms with Crippen LogP contribution in [0.5, 0.6) is 5.75 Å². The van der Waals surface area contributed by atoms with Crippen molar-refractivity contribution in [2.75, 3.05) is 5.32 Å². The first-order chi connectivity index (χ1) is 11.0. The van der Waals surface area contributed by atoms with Crippen molar-refractivity contribution in [3.05, 3.63) is 42.1 Å². The van der Waals surface area contributed by atoms with Crippen molar-refractivity contribution in [1.29, 1.82) is 0 Å². The van der Waals surface area contributed by atoms with Crippen LogP contribution in [0.4, 0.5) is 5.82 Å². The van der Waals surface area contributed by atoms with Gasteiger partial charge in [-0.15, -0.1) is 0 Å². The summed E-state index contributed by atoms with van der Waals surface area (Å²) in [6, 6.07) is 9.01. The number of nitrogens with zero attached hydrogens (tertiary/aromatic N) is 2. The lowest BCUT2D eigenvalue weighted by Gasteiger charge is -2.16. The zero-order valence-electron chi connectivity index (χ0n) is 13.0. The Labute approximate surface area is 133 Å². The average molecular weight is 317 g/mol. The second-order valence-electron chi connectivity index (χ2n) is 5.11. The number of aromatic nitrogens is 2. The molecule has 0 spiro atoms. The largest absolute Gasteiger partial charge is 0.481 e. The van der Waals surface area contributed by atoms with Gasteiger partial charge in [0.15, 0.2) is 11.9 Å². The number of hydrogen-bond donors (Lipinski definition) is 2. The molecule has 1 aromatic heterocycles. The van der Waals surface area contributed by atoms with Crippen LogP contribution in [0.15, 0.2) is 36.5 Å². The van der Waals surface area contributed by atoms with Gasteiger partial charge in [0.2, 0.25) is 0 Å². The van der Waals surface area contributed by atoms with Gasteiger partial charge in [-0.2, -0.15) is 5.10 Å². The van der Waals surface area contributed by atoms with Gasteiger partial charge in [-0.1, -0.05) is 19.1 Å². The van der Waals surface area contributed by atoms with Gasteiger partial charge in [0, 0.05) is 12.3 Å². The average Bonchev–Trinajstić information content (AvgIpc) is 2.91. The highest BCUT2D eigenvalue weighted by Crippen LogP contribution is 2.16. The second kappa shape index (κ2) is 7.44. The quantitative estimate of drug-likeness (QED) is 0.815. The van der Waals surface area contributed by atoms with E-state index >= 15 is 0 Å². The Hall–Kier alpha value is -2.83. The fourth-order valence-corrected chi connectivity index (χ4v) is 2.04. The number of rotatable bonds is 7. The van der Waals surface area contributed by atoms with E-state index in [0.717, 1.165) is 5.56 Å². The van der Waals surface area contributed by atoms with Gasteiger partial charge in [0.1, 0.15) is 12.3 Å². The van der Waals surface area contributed by atoms with Gasteiger partial charge in [0.25, 0.3) is 5.91 Å². The minimum Gasteiger partial charge on any atom is -0.481 e. The Morgan fingerprint density at radius 1 is 1.39 bits per heavy atom. The number of nitrogens with one attached hydrogen (secondary N) is 1. The molecular weight excluding hydrogens is 298 g/mol. The molecule has 2 aromatic rings. The van der Waals surface area contributed by atoms with E-state index in [1.165, 1.54) is 10.9 Å². The number of carboxylic acid groups (broad SMARTS) is 1. The molecule has 23 heavy (non-hydrogen) atoms. The molecule has 2 N–H and O–H groups in total. The highest BCUT2D eigenvalue weighted by Gasteiger charge is 2.19. The molecule has 0 aliphatic rings. The van der Waals surface area contributed by atoms with Crippen LogP contribution < -0.4 is 10.1 Å². The van der Waals surface area contributed by atoms with Crippen LogP contribution in [-0.4, -0.2) is 32.9 Å². The first-order valence-corrected chi connectivity index (χ1v) is 7.27. The predicted molar refractivity (Wildman–Crippen MR) is 84.4 cm³/mol. The predicted octanol–water partition coefficient (Wildman–Crippen LogP) is 2.07. The molecule has 1 unspecified atom stereocenters. The molecule has 2 rings (SSSR count). The smallest absolute Gasteiger partial charge is 0.325 e. The van der Waals surface area contributed by atoms with Gasteiger partial charge in [-0.25, -0.2) is 0 Å². The summed E-state index contributed by atoms with van der Waals surface area (Å²) in [5.41, 5.74) is 1.05. The van der Waals surface area contributed by atoms with Gasteiger partial charge in [-0.3, -0.25) is 14.3 Å². The maximum atomic E-state index is 12.3. The van der Waals surface area contributed by atoms with Crippen LogP contribution in [-0.2, 0) is 16.1 Å². The zero-order valence-corrected chi connectivity index (χ0v) is 13.0. The van der Waals surface area contributed by atoms with Crippen molar-refractivity contribution >= 4 is 17.7 Å². The molecule has 0 saturated heterocycles. The molecule has 7 heteroatoms. The lowest BCUT2D eigenvalue weighted by Crippen LogP contribution is -2.32. The molecule has 0 saturated carbocycles. The summed E-state index contributed by atoms with van der Waals surface area (Å²) >= 11 is 0. The first kappa shape index (κ1) is 16.5. The third-order valence-electron chi connectivity index (χ3n) is 3.12. The summed E-state index contributed by atoms with van der Waals surface area (Å²) < 4.78 is 6.95. The Kier molecular flexibility index (Phi) is 5.35. The van der Waals surface area contributed by atoms with E-state index in [0.29, 0.717) is 18.0 Å². The lowest BCUT2D eigenvalue weighted by atomic mass is 10.2. The minimum atomic E-state index is -1.000. The summed E-state index contributed by atoms with van der Waals surface area (Å²) in [4.78, 5) is 22.9. The van der Waals surface area contributed by atoms with E-state index in [2.05, 4.69) is 10.4 Å². The molecule has 0 aliphatic heterocycles. The SMILES string of the molecule is CCC(Oc1cccc(C)c1)C(=O)Nc1ccn(CC(=O)O)n1. The van der Waals surface area contributed by atoms with Crippen LogP contribution in [0.25, 0.3) is 0 Å². The summed E-state index contributed by atoms with van der Waals surface area (Å²) in [6.45, 7) is 3.54. The van der Waals surface area contributed by atoms with Crippen LogP contribution in [0.1, 0.15) is 18.9 Å². The van der Waals surface area contributed by atoms with Gasteiger partial charge >= 0.3 is 5.97 Å². The van der Waals surface area contributed by atoms with Crippen LogP contribution >= 0.6 is 0 Å². The summed E-state index contributed by atoms with van der Waals surface area (Å²) in [7, 11) is 0. The van der Waals surface area contributed by atoms with Crippen molar-refractivity contribution in [3.8, 4) is 5.75 Å². The number of ether oxygens (including phenoxy) is 1. The molecule has 7 nitrogen and oxygen atoms in total. The number of aryl methyl sites for hydroxylation is 1. The number of benzene rings is 1. The van der Waals surface area contributed by atoms with Crippen molar-refractivity contribution in [2.45, 2.75) is 32.9 Å². The van der Waals surface area contributed by atoms with Crippen LogP contribution in [0, 0.1) is 6.92 Å². The monoisotopic (exact) mass is 317 g/mol.